The molecule has 63 heavy (non-hydrogen) atoms. The van der Waals surface area contributed by atoms with Crippen molar-refractivity contribution in [3.63, 3.8) is 0 Å². The number of esters is 1. The molecular formula is C48H74O15. The third-order valence-electron chi connectivity index (χ3n) is 15.1. The van der Waals surface area contributed by atoms with Crippen LogP contribution in [0.2, 0.25) is 0 Å². The monoisotopic (exact) mass is 891 g/mol. The van der Waals surface area contributed by atoms with Crippen LogP contribution >= 0.6 is 0 Å². The van der Waals surface area contributed by atoms with Crippen molar-refractivity contribution >= 4 is 5.97 Å². The van der Waals surface area contributed by atoms with E-state index in [0.717, 1.165) is 12.0 Å². The number of aliphatic hydroxyl groups is 4. The minimum absolute atomic E-state index is 0.0533. The summed E-state index contributed by atoms with van der Waals surface area (Å²) in [5, 5.41) is 46.0. The Labute approximate surface area is 373 Å². The Bertz CT molecular complexity index is 1700. The molecule has 7 rings (SSSR count). The third kappa shape index (κ3) is 9.84. The Morgan fingerprint density at radius 2 is 1.56 bits per heavy atom. The summed E-state index contributed by atoms with van der Waals surface area (Å²) >= 11 is 0. The first kappa shape index (κ1) is 48.8. The first-order valence-electron chi connectivity index (χ1n) is 23.3. The minimum Gasteiger partial charge on any atom is -0.462 e. The molecule has 4 N–H and O–H groups in total. The van der Waals surface area contributed by atoms with Gasteiger partial charge >= 0.3 is 5.97 Å². The lowest BCUT2D eigenvalue weighted by molar-refractivity contribution is -0.318. The summed E-state index contributed by atoms with van der Waals surface area (Å²) < 4.78 is 63.5. The molecule has 1 saturated carbocycles. The van der Waals surface area contributed by atoms with Gasteiger partial charge in [-0.25, -0.2) is 0 Å². The number of fused-ring (bicyclic) bond motifs is 2. The molecule has 356 valence electrons. The molecule has 0 amide bonds. The van der Waals surface area contributed by atoms with Gasteiger partial charge in [-0.2, -0.15) is 0 Å². The Hall–Kier alpha value is -2.09. The van der Waals surface area contributed by atoms with E-state index in [9.17, 15) is 25.2 Å². The van der Waals surface area contributed by atoms with E-state index in [1.54, 1.807) is 40.2 Å². The fourth-order valence-electron chi connectivity index (χ4n) is 11.0. The lowest BCUT2D eigenvalue weighted by atomic mass is 9.64. The van der Waals surface area contributed by atoms with Gasteiger partial charge in [0.25, 0.3) is 0 Å². The van der Waals surface area contributed by atoms with E-state index in [1.165, 1.54) is 0 Å². The van der Waals surface area contributed by atoms with Gasteiger partial charge in [-0.15, -0.1) is 0 Å². The summed E-state index contributed by atoms with van der Waals surface area (Å²) in [6, 6.07) is 0. The fraction of sp³-hybridized carbons (Fsp3) is 0.812. The number of carbonyl (C=O) groups excluding carboxylic acids is 1. The largest absolute Gasteiger partial charge is 0.462 e. The van der Waals surface area contributed by atoms with Gasteiger partial charge in [-0.05, 0) is 50.3 Å². The van der Waals surface area contributed by atoms with Gasteiger partial charge in [-0.1, -0.05) is 71.4 Å². The molecular weight excluding hydrogens is 817 g/mol. The topological polar surface area (TPSA) is 190 Å². The molecule has 0 aromatic heterocycles. The zero-order valence-electron chi connectivity index (χ0n) is 38.7. The van der Waals surface area contributed by atoms with Crippen LogP contribution in [0, 0.1) is 29.6 Å². The number of aliphatic hydroxyl groups excluding tert-OH is 3. The average molecular weight is 891 g/mol. The number of hydrogen-bond donors (Lipinski definition) is 4. The summed E-state index contributed by atoms with van der Waals surface area (Å²) in [5.41, 5.74) is -0.752. The van der Waals surface area contributed by atoms with Crippen LogP contribution < -0.4 is 0 Å². The molecule has 15 nitrogen and oxygen atoms in total. The zero-order chi connectivity index (χ0) is 45.5. The van der Waals surface area contributed by atoms with Crippen LogP contribution in [-0.4, -0.2) is 151 Å². The number of hydrogen-bond acceptors (Lipinski definition) is 15. The average Bonchev–Trinajstić information content (AvgIpc) is 3.58. The molecule has 22 atom stereocenters. The van der Waals surface area contributed by atoms with E-state index in [-0.39, 0.29) is 36.9 Å². The second kappa shape index (κ2) is 20.0. The SMILES string of the molecule is CC[C@H](C)[C@H]1O[C@]2(C=C[C@@H]1C)C[C@@H]1C[C@@H](C/C=C(\C)[C@@H](O[C@H]3C[C@H](OC)[C@@H](O[C@H]4C[C@H](OC)[C@@H](O)[C@H](C)O4)[C@H](C)O3)[C@@H](C)/C=C/C=C3\CO[C@@H]4[C@H](O)[C@H](C)[C@H](O)[C@@H](C(=O)O1)[C@]34O)O2. The van der Waals surface area contributed by atoms with Crippen LogP contribution in [0.1, 0.15) is 93.9 Å². The first-order chi connectivity index (χ1) is 29.9. The maximum atomic E-state index is 14.4. The van der Waals surface area contributed by atoms with Crippen molar-refractivity contribution in [3.05, 3.63) is 47.6 Å². The summed E-state index contributed by atoms with van der Waals surface area (Å²) in [7, 11) is 3.20. The molecule has 6 heterocycles. The number of ether oxygens (including phenoxy) is 10. The summed E-state index contributed by atoms with van der Waals surface area (Å²) in [5.74, 6) is -3.99. The van der Waals surface area contributed by atoms with Gasteiger partial charge in [0.05, 0.1) is 61.5 Å². The van der Waals surface area contributed by atoms with Crippen LogP contribution in [0.25, 0.3) is 0 Å². The minimum atomic E-state index is -2.04. The Morgan fingerprint density at radius 3 is 2.27 bits per heavy atom. The van der Waals surface area contributed by atoms with Gasteiger partial charge in [0.1, 0.15) is 35.9 Å². The number of carbonyl (C=O) groups is 1. The normalized spacial score (nSPS) is 51.0. The lowest BCUT2D eigenvalue weighted by Crippen LogP contribution is -2.66. The van der Waals surface area contributed by atoms with E-state index in [2.05, 4.69) is 32.9 Å². The molecule has 2 bridgehead atoms. The smallest absolute Gasteiger partial charge is 0.315 e. The van der Waals surface area contributed by atoms with Gasteiger partial charge < -0.3 is 67.8 Å². The van der Waals surface area contributed by atoms with Gasteiger partial charge in [-0.3, -0.25) is 4.79 Å². The van der Waals surface area contributed by atoms with Crippen molar-refractivity contribution in [2.45, 2.75) is 197 Å². The summed E-state index contributed by atoms with van der Waals surface area (Å²) in [6.07, 6.45) is 4.44. The van der Waals surface area contributed by atoms with E-state index in [1.807, 2.05) is 32.9 Å². The molecule has 5 fully saturated rings. The van der Waals surface area contributed by atoms with Crippen LogP contribution in [0.4, 0.5) is 0 Å². The first-order valence-corrected chi connectivity index (χ1v) is 23.3. The van der Waals surface area contributed by atoms with Crippen molar-refractivity contribution in [2.75, 3.05) is 20.8 Å². The molecule has 15 heteroatoms. The van der Waals surface area contributed by atoms with Gasteiger partial charge in [0.15, 0.2) is 18.4 Å². The number of allylic oxidation sites excluding steroid dienone is 2. The highest BCUT2D eigenvalue weighted by molar-refractivity contribution is 5.77. The van der Waals surface area contributed by atoms with E-state index >= 15 is 0 Å². The van der Waals surface area contributed by atoms with Crippen LogP contribution in [0.5, 0.6) is 0 Å². The van der Waals surface area contributed by atoms with Crippen molar-refractivity contribution in [1.29, 1.82) is 0 Å². The summed E-state index contributed by atoms with van der Waals surface area (Å²) in [6.45, 7) is 15.8. The highest BCUT2D eigenvalue weighted by Crippen LogP contribution is 2.49. The maximum Gasteiger partial charge on any atom is 0.315 e. The van der Waals surface area contributed by atoms with Crippen LogP contribution in [0.15, 0.2) is 47.6 Å². The van der Waals surface area contributed by atoms with Crippen molar-refractivity contribution in [3.8, 4) is 0 Å². The zero-order valence-corrected chi connectivity index (χ0v) is 38.7. The van der Waals surface area contributed by atoms with E-state index < -0.39 is 115 Å². The Kier molecular flexibility index (Phi) is 15.5. The van der Waals surface area contributed by atoms with Gasteiger partial charge in [0, 0.05) is 57.7 Å². The molecule has 0 unspecified atom stereocenters. The van der Waals surface area contributed by atoms with Crippen molar-refractivity contribution in [1.82, 2.24) is 0 Å². The number of methoxy groups -OCH3 is 2. The molecule has 6 aliphatic heterocycles. The summed E-state index contributed by atoms with van der Waals surface area (Å²) in [4.78, 5) is 14.4. The van der Waals surface area contributed by atoms with Gasteiger partial charge in [0.2, 0.25) is 0 Å². The fourth-order valence-corrected chi connectivity index (χ4v) is 11.0. The highest BCUT2D eigenvalue weighted by Gasteiger charge is 2.65. The molecule has 1 aliphatic carbocycles. The third-order valence-corrected chi connectivity index (χ3v) is 15.1. The molecule has 0 aromatic rings. The van der Waals surface area contributed by atoms with Crippen molar-refractivity contribution < 1.29 is 72.6 Å². The van der Waals surface area contributed by atoms with E-state index in [4.69, 9.17) is 47.4 Å². The van der Waals surface area contributed by atoms with Crippen molar-refractivity contribution in [2.24, 2.45) is 29.6 Å². The quantitative estimate of drug-likeness (QED) is 0.198. The van der Waals surface area contributed by atoms with Crippen LogP contribution in [-0.2, 0) is 52.2 Å². The predicted molar refractivity (Wildman–Crippen MR) is 229 cm³/mol. The highest BCUT2D eigenvalue weighted by atomic mass is 16.7. The van der Waals surface area contributed by atoms with Crippen LogP contribution in [0.3, 0.4) is 0 Å². The molecule has 7 aliphatic rings. The Balaban J connectivity index is 1.19. The lowest BCUT2D eigenvalue weighted by Gasteiger charge is -2.49. The predicted octanol–water partition coefficient (Wildman–Crippen LogP) is 4.43. The molecule has 0 radical (unpaired) electrons. The standard InChI is InChI=1S/C48H74O15/c1-11-24(2)43-27(5)17-18-47(63-43)22-33-19-32(62-47)16-15-26(4)42(60-37-21-35(55-10)44(30(8)58-37)61-36-20-34(54-9)41(51)29(7)57-36)25(3)13-12-14-31-23-56-45-40(50)28(6)39(49)38(46(52)59-33)48(31,45)53/h12-15,17-18,24-25,27-30,32-45,49-51,53H,11,16,19-23H2,1-10H3/b13-12+,26-15+,31-14+/t24-,25-,27-,28+,29-,30-,32+,33-,34-,35-,36-,37-,38-,39-,40+,41-,42-,43+,44-,45+,47+,48+/m0/s1. The maximum absolute atomic E-state index is 14.4. The molecule has 4 saturated heterocycles. The molecule has 0 aromatic carbocycles. The Morgan fingerprint density at radius 1 is 0.857 bits per heavy atom. The van der Waals surface area contributed by atoms with E-state index in [0.29, 0.717) is 31.3 Å². The second-order valence-electron chi connectivity index (χ2n) is 19.4. The second-order valence-corrected chi connectivity index (χ2v) is 19.4. The number of rotatable bonds is 8. The molecule has 1 spiro atoms.